The second-order valence-electron chi connectivity index (χ2n) is 5.93. The minimum atomic E-state index is -0.552. The molecule has 1 fully saturated rings. The smallest absolute Gasteiger partial charge is 0.251 e. The topological polar surface area (TPSA) is 75.3 Å². The highest BCUT2D eigenvalue weighted by Gasteiger charge is 2.35. The number of nitrogen functional groups attached to an aromatic ring is 1. The molecule has 21 heavy (non-hydrogen) atoms. The fraction of sp³-hybridized carbons (Fsp3) is 0.533. The maximum atomic E-state index is 12.4. The predicted molar refractivity (Wildman–Crippen MR) is 85.8 cm³/mol. The molecular weight excluding hydrogens is 311 g/mol. The highest BCUT2D eigenvalue weighted by atomic mass is 35.5. The Bertz CT molecular complexity index is 517. The molecule has 1 aromatic rings. The molecule has 0 aromatic heterocycles. The zero-order valence-electron chi connectivity index (χ0n) is 12.0. The number of nitrogens with two attached hydrogens (primary N) is 1. The van der Waals surface area contributed by atoms with Gasteiger partial charge in [0.05, 0.1) is 27.9 Å². The van der Waals surface area contributed by atoms with Crippen LogP contribution < -0.4 is 11.1 Å². The molecule has 116 valence electrons. The number of nitrogens with one attached hydrogen (secondary N) is 1. The monoisotopic (exact) mass is 330 g/mol. The lowest BCUT2D eigenvalue weighted by Gasteiger charge is -2.38. The number of carbonyl (C=O) groups is 1. The molecule has 4 nitrogen and oxygen atoms in total. The van der Waals surface area contributed by atoms with Gasteiger partial charge in [0, 0.05) is 5.56 Å². The summed E-state index contributed by atoms with van der Waals surface area (Å²) in [5.41, 5.74) is 5.73. The van der Waals surface area contributed by atoms with Gasteiger partial charge in [-0.2, -0.15) is 0 Å². The van der Waals surface area contributed by atoms with Crippen LogP contribution in [0.2, 0.25) is 10.0 Å². The molecule has 0 atom stereocenters. The first kappa shape index (κ1) is 16.4. The fourth-order valence-corrected chi connectivity index (χ4v) is 3.15. The van der Waals surface area contributed by atoms with Gasteiger partial charge in [-0.05, 0) is 43.7 Å². The Morgan fingerprint density at radius 3 is 2.38 bits per heavy atom. The van der Waals surface area contributed by atoms with Crippen LogP contribution in [-0.4, -0.2) is 23.2 Å². The third kappa shape index (κ3) is 3.62. The van der Waals surface area contributed by atoms with Gasteiger partial charge in [-0.1, -0.05) is 30.1 Å². The van der Waals surface area contributed by atoms with Crippen LogP contribution in [0.4, 0.5) is 5.69 Å². The lowest BCUT2D eigenvalue weighted by molar-refractivity contribution is 0.0717. The van der Waals surface area contributed by atoms with Gasteiger partial charge in [-0.15, -0.1) is 0 Å². The second-order valence-corrected chi connectivity index (χ2v) is 6.74. The highest BCUT2D eigenvalue weighted by Crippen LogP contribution is 2.33. The highest BCUT2D eigenvalue weighted by molar-refractivity contribution is 6.39. The summed E-state index contributed by atoms with van der Waals surface area (Å²) in [6, 6.07) is 2.99. The van der Waals surface area contributed by atoms with Crippen molar-refractivity contribution in [1.29, 1.82) is 0 Å². The van der Waals surface area contributed by atoms with Crippen molar-refractivity contribution in [2.45, 2.75) is 38.1 Å². The molecule has 1 saturated carbocycles. The Morgan fingerprint density at radius 1 is 1.38 bits per heavy atom. The Balaban J connectivity index is 2.17. The van der Waals surface area contributed by atoms with Gasteiger partial charge in [0.25, 0.3) is 5.91 Å². The molecule has 0 saturated heterocycles. The number of hydrogen-bond acceptors (Lipinski definition) is 3. The molecule has 0 radical (unpaired) electrons. The third-order valence-corrected chi connectivity index (χ3v) is 4.88. The Kier molecular flexibility index (Phi) is 5.02. The average molecular weight is 331 g/mol. The molecule has 1 aromatic carbocycles. The summed E-state index contributed by atoms with van der Waals surface area (Å²) < 4.78 is 0. The van der Waals surface area contributed by atoms with Crippen molar-refractivity contribution in [2.75, 3.05) is 12.3 Å². The Labute approximate surface area is 134 Å². The molecule has 1 aliphatic carbocycles. The molecule has 0 bridgehead atoms. The van der Waals surface area contributed by atoms with Gasteiger partial charge in [-0.3, -0.25) is 4.79 Å². The van der Waals surface area contributed by atoms with Crippen molar-refractivity contribution >= 4 is 34.8 Å². The zero-order valence-corrected chi connectivity index (χ0v) is 13.5. The summed E-state index contributed by atoms with van der Waals surface area (Å²) in [6.45, 7) is 2.12. The van der Waals surface area contributed by atoms with Crippen molar-refractivity contribution in [3.05, 3.63) is 27.7 Å². The second kappa shape index (κ2) is 6.42. The largest absolute Gasteiger partial charge is 0.396 e. The van der Waals surface area contributed by atoms with E-state index in [0.717, 1.165) is 25.7 Å². The lowest BCUT2D eigenvalue weighted by atomic mass is 9.77. The predicted octanol–water partition coefficient (Wildman–Crippen LogP) is 3.25. The van der Waals surface area contributed by atoms with Crippen LogP contribution in [0.5, 0.6) is 0 Å². The van der Waals surface area contributed by atoms with Crippen LogP contribution >= 0.6 is 23.2 Å². The van der Waals surface area contributed by atoms with E-state index >= 15 is 0 Å². The zero-order chi connectivity index (χ0) is 15.6. The molecule has 4 N–H and O–H groups in total. The molecule has 0 heterocycles. The van der Waals surface area contributed by atoms with E-state index in [-0.39, 0.29) is 28.2 Å². The van der Waals surface area contributed by atoms with Crippen LogP contribution in [0.1, 0.15) is 43.0 Å². The number of halogens is 2. The van der Waals surface area contributed by atoms with E-state index < -0.39 is 5.54 Å². The van der Waals surface area contributed by atoms with Gasteiger partial charge in [0.15, 0.2) is 0 Å². The number of rotatable bonds is 3. The van der Waals surface area contributed by atoms with E-state index in [1.54, 1.807) is 0 Å². The van der Waals surface area contributed by atoms with Gasteiger partial charge < -0.3 is 16.2 Å². The number of amides is 1. The van der Waals surface area contributed by atoms with Gasteiger partial charge in [0.2, 0.25) is 0 Å². The number of aliphatic hydroxyl groups excluding tert-OH is 1. The van der Waals surface area contributed by atoms with Crippen LogP contribution in [-0.2, 0) is 0 Å². The van der Waals surface area contributed by atoms with Crippen molar-refractivity contribution < 1.29 is 9.90 Å². The van der Waals surface area contributed by atoms with E-state index in [1.807, 2.05) is 0 Å². The number of hydrogen-bond donors (Lipinski definition) is 3. The first-order valence-electron chi connectivity index (χ1n) is 7.05. The van der Waals surface area contributed by atoms with E-state index in [1.165, 1.54) is 12.1 Å². The van der Waals surface area contributed by atoms with Crippen LogP contribution in [0, 0.1) is 5.92 Å². The van der Waals surface area contributed by atoms with Gasteiger partial charge in [-0.25, -0.2) is 0 Å². The third-order valence-electron chi connectivity index (χ3n) is 4.25. The molecule has 1 amide bonds. The van der Waals surface area contributed by atoms with Crippen molar-refractivity contribution in [3.8, 4) is 0 Å². The van der Waals surface area contributed by atoms with Crippen LogP contribution in [0.25, 0.3) is 0 Å². The number of anilines is 1. The first-order valence-corrected chi connectivity index (χ1v) is 7.80. The molecule has 0 spiro atoms. The molecule has 6 heteroatoms. The lowest BCUT2D eigenvalue weighted by Crippen LogP contribution is -2.53. The van der Waals surface area contributed by atoms with Crippen molar-refractivity contribution in [3.63, 3.8) is 0 Å². The molecule has 2 rings (SSSR count). The number of carbonyl (C=O) groups excluding carboxylic acids is 1. The Hall–Kier alpha value is -0.970. The van der Waals surface area contributed by atoms with Crippen molar-refractivity contribution in [1.82, 2.24) is 5.32 Å². The van der Waals surface area contributed by atoms with Crippen LogP contribution in [0.3, 0.4) is 0 Å². The molecular formula is C15H20Cl2N2O2. The minimum absolute atomic E-state index is 0.0676. The summed E-state index contributed by atoms with van der Waals surface area (Å²) in [4.78, 5) is 12.4. The summed E-state index contributed by atoms with van der Waals surface area (Å²) in [6.07, 6.45) is 3.52. The summed E-state index contributed by atoms with van der Waals surface area (Å²) in [5.74, 6) is 0.337. The van der Waals surface area contributed by atoms with Gasteiger partial charge in [0.1, 0.15) is 0 Å². The van der Waals surface area contributed by atoms with Gasteiger partial charge >= 0.3 is 0 Å². The average Bonchev–Trinajstić information content (AvgIpc) is 2.47. The number of benzene rings is 1. The molecule has 1 aliphatic rings. The van der Waals surface area contributed by atoms with Crippen LogP contribution in [0.15, 0.2) is 12.1 Å². The van der Waals surface area contributed by atoms with E-state index in [2.05, 4.69) is 12.2 Å². The van der Waals surface area contributed by atoms with Crippen molar-refractivity contribution in [2.24, 2.45) is 5.92 Å². The summed E-state index contributed by atoms with van der Waals surface area (Å²) in [7, 11) is 0. The summed E-state index contributed by atoms with van der Waals surface area (Å²) >= 11 is 11.9. The summed E-state index contributed by atoms with van der Waals surface area (Å²) in [5, 5.41) is 13.1. The minimum Gasteiger partial charge on any atom is -0.396 e. The molecule has 0 unspecified atom stereocenters. The first-order chi connectivity index (χ1) is 9.87. The standard InChI is InChI=1S/C15H20Cl2N2O2/c1-9-2-4-15(8-20,5-3-9)19-14(21)10-6-11(16)13(18)12(17)7-10/h6-7,9,20H,2-5,8,18H2,1H3,(H,19,21). The van der Waals surface area contributed by atoms with E-state index in [0.29, 0.717) is 11.5 Å². The maximum Gasteiger partial charge on any atom is 0.251 e. The Morgan fingerprint density at radius 2 is 1.90 bits per heavy atom. The van der Waals surface area contributed by atoms with E-state index in [9.17, 15) is 9.90 Å². The SMILES string of the molecule is CC1CCC(CO)(NC(=O)c2cc(Cl)c(N)c(Cl)c2)CC1. The molecule has 0 aliphatic heterocycles. The quantitative estimate of drug-likeness (QED) is 0.744. The maximum absolute atomic E-state index is 12.4. The number of aliphatic hydroxyl groups is 1. The normalized spacial score (nSPS) is 25.6. The van der Waals surface area contributed by atoms with E-state index in [4.69, 9.17) is 28.9 Å². The fourth-order valence-electron chi connectivity index (χ4n) is 2.67.